The smallest absolute Gasteiger partial charge is 0.243 e. The van der Waals surface area contributed by atoms with Gasteiger partial charge in [0.1, 0.15) is 0 Å². The lowest BCUT2D eigenvalue weighted by Gasteiger charge is -2.36. The third-order valence-corrected chi connectivity index (χ3v) is 21.0. The highest BCUT2D eigenvalue weighted by atomic mass is 35.5. The molecule has 0 aliphatic carbocycles. The minimum Gasteiger partial charge on any atom is -0.317 e. The molecule has 16 nitrogen and oxygen atoms in total. The van der Waals surface area contributed by atoms with E-state index in [0.717, 1.165) is 26.6 Å². The molecule has 0 bridgehead atoms. The molecular formula is C51H69ClN6O10S5. The van der Waals surface area contributed by atoms with Gasteiger partial charge in [0.15, 0.2) is 0 Å². The van der Waals surface area contributed by atoms with Crippen molar-refractivity contribution in [2.24, 2.45) is 5.92 Å². The highest BCUT2D eigenvalue weighted by molar-refractivity contribution is 7.90. The molecule has 2 unspecified atom stereocenters. The maximum atomic E-state index is 13.9. The summed E-state index contributed by atoms with van der Waals surface area (Å²) in [5, 5.41) is 3.30. The van der Waals surface area contributed by atoms with E-state index in [9.17, 15) is 42.1 Å². The van der Waals surface area contributed by atoms with Crippen LogP contribution in [0, 0.1) is 33.6 Å². The second-order valence-corrected chi connectivity index (χ2v) is 27.6. The minimum absolute atomic E-state index is 0.0188. The molecule has 0 aromatic heterocycles. The number of rotatable bonds is 18. The van der Waals surface area contributed by atoms with Crippen LogP contribution in [0.5, 0.6) is 0 Å². The van der Waals surface area contributed by atoms with E-state index >= 15 is 0 Å². The standard InChI is InChI=1S/C27H35N3O6S3.C24H34ClN3O4S2/c1-5-26(28-38(33,34)24-16-10-12-21(3)18-24)30(37(31,32)20-23-14-8-7-9-15-23)27(6-2)29-39(35,36)25-17-11-13-22(4)19-25;1-20-5-9-23(10-6-20)33(29,30)27-15-3-13-26-14-4-16-28(19-22(17-25)18-27)34(31,32)24-11-7-21(2)8-12-24/h7-19,26-29H,5-6,20H2,1-4H3;5-12,22,26H,3-4,13-19H2,1-2H3. The number of sulfonamides is 5. The summed E-state index contributed by atoms with van der Waals surface area (Å²) < 4.78 is 144. The van der Waals surface area contributed by atoms with Crippen LogP contribution in [0.1, 0.15) is 67.3 Å². The lowest BCUT2D eigenvalue weighted by molar-refractivity contribution is 0.215. The Balaban J connectivity index is 0.000000273. The quantitative estimate of drug-likeness (QED) is 0.0595. The van der Waals surface area contributed by atoms with Crippen LogP contribution in [-0.4, -0.2) is 112 Å². The van der Waals surface area contributed by atoms with E-state index in [4.69, 9.17) is 11.6 Å². The largest absolute Gasteiger partial charge is 0.317 e. The van der Waals surface area contributed by atoms with Gasteiger partial charge in [0.05, 0.1) is 37.7 Å². The first kappa shape index (κ1) is 59.8. The van der Waals surface area contributed by atoms with Crippen molar-refractivity contribution in [1.82, 2.24) is 27.7 Å². The van der Waals surface area contributed by atoms with Crippen molar-refractivity contribution in [2.75, 3.05) is 45.1 Å². The number of hydrogen-bond acceptors (Lipinski definition) is 11. The fraction of sp³-hybridized carbons (Fsp3) is 0.412. The van der Waals surface area contributed by atoms with E-state index in [1.165, 1.54) is 32.9 Å². The molecule has 1 aliphatic heterocycles. The molecule has 1 heterocycles. The van der Waals surface area contributed by atoms with Crippen LogP contribution in [0.15, 0.2) is 147 Å². The molecule has 1 aliphatic rings. The molecule has 2 atom stereocenters. The van der Waals surface area contributed by atoms with Crippen molar-refractivity contribution >= 4 is 61.7 Å². The molecule has 1 fully saturated rings. The summed E-state index contributed by atoms with van der Waals surface area (Å²) in [5.74, 6) is -0.647. The van der Waals surface area contributed by atoms with Crippen LogP contribution >= 0.6 is 11.6 Å². The van der Waals surface area contributed by atoms with E-state index in [0.29, 0.717) is 44.6 Å². The summed E-state index contributed by atoms with van der Waals surface area (Å²) in [4.78, 5) is 0.427. The van der Waals surface area contributed by atoms with E-state index in [-0.39, 0.29) is 57.3 Å². The zero-order valence-corrected chi connectivity index (χ0v) is 47.0. The van der Waals surface area contributed by atoms with Crippen molar-refractivity contribution in [3.63, 3.8) is 0 Å². The van der Waals surface area contributed by atoms with Crippen LogP contribution in [0.4, 0.5) is 0 Å². The summed E-state index contributed by atoms with van der Waals surface area (Å²) >= 11 is 6.28. The average molecular weight is 1120 g/mol. The second-order valence-electron chi connectivity index (χ2n) is 18.1. The number of nitrogens with one attached hydrogen (secondary N) is 3. The zero-order chi connectivity index (χ0) is 53.6. The van der Waals surface area contributed by atoms with Gasteiger partial charge in [-0.2, -0.15) is 22.4 Å². The Labute approximate surface area is 439 Å². The molecule has 0 saturated carbocycles. The zero-order valence-electron chi connectivity index (χ0n) is 42.2. The molecule has 400 valence electrons. The summed E-state index contributed by atoms with van der Waals surface area (Å²) in [7, 11) is -20.0. The average Bonchev–Trinajstić information content (AvgIpc) is 3.34. The van der Waals surface area contributed by atoms with Gasteiger partial charge >= 0.3 is 0 Å². The van der Waals surface area contributed by atoms with Gasteiger partial charge in [-0.1, -0.05) is 104 Å². The first-order valence-electron chi connectivity index (χ1n) is 24.1. The van der Waals surface area contributed by atoms with Crippen LogP contribution in [0.25, 0.3) is 0 Å². The fourth-order valence-corrected chi connectivity index (χ4v) is 16.2. The number of nitrogens with zero attached hydrogens (tertiary/aromatic N) is 3. The minimum atomic E-state index is -4.24. The summed E-state index contributed by atoms with van der Waals surface area (Å²) in [5.41, 5.74) is 3.88. The maximum Gasteiger partial charge on any atom is 0.243 e. The topological polar surface area (TPSA) is 217 Å². The Morgan fingerprint density at radius 1 is 0.548 bits per heavy atom. The maximum absolute atomic E-state index is 13.9. The molecule has 0 amide bonds. The van der Waals surface area contributed by atoms with Gasteiger partial charge in [0.2, 0.25) is 50.1 Å². The number of benzene rings is 5. The van der Waals surface area contributed by atoms with Gasteiger partial charge in [-0.15, -0.1) is 11.6 Å². The van der Waals surface area contributed by atoms with Crippen LogP contribution < -0.4 is 14.8 Å². The summed E-state index contributed by atoms with van der Waals surface area (Å²) in [6.07, 6.45) is -1.13. The van der Waals surface area contributed by atoms with Crippen molar-refractivity contribution in [3.05, 3.63) is 155 Å². The summed E-state index contributed by atoms with van der Waals surface area (Å²) in [6.45, 7) is 12.9. The molecule has 1 saturated heterocycles. The number of aryl methyl sites for hydroxylation is 4. The predicted molar refractivity (Wildman–Crippen MR) is 288 cm³/mol. The molecule has 22 heteroatoms. The molecule has 0 radical (unpaired) electrons. The Morgan fingerprint density at radius 3 is 1.33 bits per heavy atom. The Hall–Kier alpha value is -4.10. The third-order valence-electron chi connectivity index (χ3n) is 12.1. The lowest BCUT2D eigenvalue weighted by atomic mass is 10.1. The first-order chi connectivity index (χ1) is 34.4. The van der Waals surface area contributed by atoms with Gasteiger partial charge < -0.3 is 5.32 Å². The molecular weight excluding hydrogens is 1050 g/mol. The molecule has 73 heavy (non-hydrogen) atoms. The summed E-state index contributed by atoms with van der Waals surface area (Å²) in [6, 6.07) is 34.5. The van der Waals surface area contributed by atoms with Crippen molar-refractivity contribution in [3.8, 4) is 0 Å². The fourth-order valence-electron chi connectivity index (χ4n) is 8.11. The van der Waals surface area contributed by atoms with Crippen molar-refractivity contribution < 1.29 is 42.1 Å². The monoisotopic (exact) mass is 1120 g/mol. The second kappa shape index (κ2) is 26.6. The van der Waals surface area contributed by atoms with Crippen LogP contribution in [0.3, 0.4) is 0 Å². The van der Waals surface area contributed by atoms with Gasteiger partial charge in [-0.3, -0.25) is 0 Å². The van der Waals surface area contributed by atoms with Crippen molar-refractivity contribution in [2.45, 2.75) is 105 Å². The Kier molecular flexibility index (Phi) is 21.8. The highest BCUT2D eigenvalue weighted by Gasteiger charge is 2.39. The first-order valence-corrected chi connectivity index (χ1v) is 32.1. The normalized spacial score (nSPS) is 16.4. The van der Waals surface area contributed by atoms with E-state index in [2.05, 4.69) is 14.8 Å². The predicted octanol–water partition coefficient (Wildman–Crippen LogP) is 7.09. The Bertz CT molecular complexity index is 2980. The Morgan fingerprint density at radius 2 is 0.959 bits per heavy atom. The van der Waals surface area contributed by atoms with E-state index in [1.807, 2.05) is 13.8 Å². The highest BCUT2D eigenvalue weighted by Crippen LogP contribution is 2.26. The SMILES string of the molecule is CCC(NS(=O)(=O)c1cccc(C)c1)N(C(CC)NS(=O)(=O)c1cccc(C)c1)S(=O)(=O)Cc1ccccc1.Cc1ccc(S(=O)(=O)N2CCCNCCCN(S(=O)(=O)c3ccc(C)cc3)CC(CCl)C2)cc1. The molecule has 6 rings (SSSR count). The van der Waals surface area contributed by atoms with Gasteiger partial charge in [0, 0.05) is 38.0 Å². The lowest BCUT2D eigenvalue weighted by Crippen LogP contribution is -2.59. The van der Waals surface area contributed by atoms with Gasteiger partial charge in [0.25, 0.3) is 0 Å². The molecule has 5 aromatic carbocycles. The third kappa shape index (κ3) is 16.7. The van der Waals surface area contributed by atoms with Crippen molar-refractivity contribution in [1.29, 1.82) is 0 Å². The van der Waals surface area contributed by atoms with Crippen LogP contribution in [0.2, 0.25) is 0 Å². The van der Waals surface area contributed by atoms with Gasteiger partial charge in [-0.05, 0) is 132 Å². The molecule has 5 aromatic rings. The van der Waals surface area contributed by atoms with Gasteiger partial charge in [-0.25, -0.2) is 42.1 Å². The van der Waals surface area contributed by atoms with E-state index < -0.39 is 68.2 Å². The number of hydrogen-bond donors (Lipinski definition) is 3. The van der Waals surface area contributed by atoms with E-state index in [1.54, 1.807) is 131 Å². The number of halogens is 1. The molecule has 0 spiro atoms. The van der Waals surface area contributed by atoms with Crippen LogP contribution in [-0.2, 0) is 55.9 Å². The molecule has 3 N–H and O–H groups in total. The number of alkyl halides is 1.